The first-order chi connectivity index (χ1) is 11.9. The number of piperidine rings is 1. The molecule has 0 aliphatic carbocycles. The smallest absolute Gasteiger partial charge is 0.228 e. The van der Waals surface area contributed by atoms with Crippen molar-refractivity contribution in [1.82, 2.24) is 4.90 Å². The van der Waals surface area contributed by atoms with E-state index in [2.05, 4.69) is 0 Å². The summed E-state index contributed by atoms with van der Waals surface area (Å²) in [6.07, 6.45) is 1.48. The Morgan fingerprint density at radius 3 is 2.36 bits per heavy atom. The second kappa shape index (κ2) is 6.86. The molecule has 1 aromatic rings. The van der Waals surface area contributed by atoms with Gasteiger partial charge >= 0.3 is 0 Å². The number of likely N-dealkylation sites (tertiary alicyclic amines) is 1. The summed E-state index contributed by atoms with van der Waals surface area (Å²) in [5.74, 6) is -0.721. The molecular formula is C19H25N3O3. The molecule has 2 saturated heterocycles. The van der Waals surface area contributed by atoms with E-state index in [-0.39, 0.29) is 36.0 Å². The first-order valence-electron chi connectivity index (χ1n) is 8.82. The molecule has 3 amide bonds. The van der Waals surface area contributed by atoms with Gasteiger partial charge in [-0.25, -0.2) is 0 Å². The summed E-state index contributed by atoms with van der Waals surface area (Å²) >= 11 is 0. The van der Waals surface area contributed by atoms with Crippen LogP contribution in [-0.2, 0) is 14.4 Å². The summed E-state index contributed by atoms with van der Waals surface area (Å²) in [6, 6.07) is 5.94. The molecule has 2 aliphatic heterocycles. The van der Waals surface area contributed by atoms with Crippen LogP contribution < -0.4 is 10.6 Å². The van der Waals surface area contributed by atoms with E-state index in [0.717, 1.165) is 11.3 Å². The van der Waals surface area contributed by atoms with Crippen LogP contribution in [0.5, 0.6) is 0 Å². The standard InChI is InChI=1S/C19H25N3O3/c1-12-3-4-16(9-13(12)2)22-11-15(10-17(22)23)19(25)21-7-5-14(6-8-21)18(20)24/h3-4,9,14-15H,5-8,10-11H2,1-2H3,(H2,20,24)/t15-/m1/s1. The van der Waals surface area contributed by atoms with Gasteiger partial charge in [0, 0.05) is 37.7 Å². The minimum atomic E-state index is -0.306. The fourth-order valence-corrected chi connectivity index (χ4v) is 3.66. The summed E-state index contributed by atoms with van der Waals surface area (Å²) in [6.45, 7) is 5.56. The van der Waals surface area contributed by atoms with Gasteiger partial charge in [0.25, 0.3) is 0 Å². The van der Waals surface area contributed by atoms with E-state index < -0.39 is 0 Å². The van der Waals surface area contributed by atoms with Crippen molar-refractivity contribution in [2.24, 2.45) is 17.6 Å². The van der Waals surface area contributed by atoms with Crippen molar-refractivity contribution in [2.75, 3.05) is 24.5 Å². The van der Waals surface area contributed by atoms with E-state index in [1.165, 1.54) is 5.56 Å². The summed E-state index contributed by atoms with van der Waals surface area (Å²) in [5, 5.41) is 0. The van der Waals surface area contributed by atoms with Gasteiger partial charge in [0.05, 0.1) is 5.92 Å². The Bertz CT molecular complexity index is 708. The average Bonchev–Trinajstić information content (AvgIpc) is 2.98. The van der Waals surface area contributed by atoms with Crippen LogP contribution in [0.4, 0.5) is 5.69 Å². The highest BCUT2D eigenvalue weighted by molar-refractivity contribution is 6.00. The molecule has 3 rings (SSSR count). The number of hydrogen-bond donors (Lipinski definition) is 1. The second-order valence-corrected chi connectivity index (χ2v) is 7.18. The van der Waals surface area contributed by atoms with Gasteiger partial charge in [0.1, 0.15) is 0 Å². The molecule has 0 saturated carbocycles. The zero-order chi connectivity index (χ0) is 18.1. The van der Waals surface area contributed by atoms with Crippen LogP contribution in [0.15, 0.2) is 18.2 Å². The van der Waals surface area contributed by atoms with Gasteiger partial charge in [-0.2, -0.15) is 0 Å². The number of aryl methyl sites for hydroxylation is 2. The van der Waals surface area contributed by atoms with E-state index in [4.69, 9.17) is 5.73 Å². The van der Waals surface area contributed by atoms with Crippen LogP contribution >= 0.6 is 0 Å². The molecule has 6 nitrogen and oxygen atoms in total. The Morgan fingerprint density at radius 2 is 1.76 bits per heavy atom. The molecule has 25 heavy (non-hydrogen) atoms. The van der Waals surface area contributed by atoms with E-state index in [0.29, 0.717) is 32.5 Å². The molecule has 6 heteroatoms. The van der Waals surface area contributed by atoms with Crippen molar-refractivity contribution in [3.63, 3.8) is 0 Å². The molecule has 0 bridgehead atoms. The lowest BCUT2D eigenvalue weighted by Gasteiger charge is -2.32. The average molecular weight is 343 g/mol. The fraction of sp³-hybridized carbons (Fsp3) is 0.526. The number of carbonyl (C=O) groups excluding carboxylic acids is 3. The van der Waals surface area contributed by atoms with Gasteiger partial charge in [-0.05, 0) is 49.9 Å². The number of nitrogens with two attached hydrogens (primary N) is 1. The molecule has 0 aromatic heterocycles. The van der Waals surface area contributed by atoms with Gasteiger partial charge in [0.2, 0.25) is 17.7 Å². The number of primary amides is 1. The van der Waals surface area contributed by atoms with Crippen molar-refractivity contribution in [3.05, 3.63) is 29.3 Å². The van der Waals surface area contributed by atoms with Crippen molar-refractivity contribution in [3.8, 4) is 0 Å². The highest BCUT2D eigenvalue weighted by Crippen LogP contribution is 2.29. The van der Waals surface area contributed by atoms with Crippen LogP contribution in [0.1, 0.15) is 30.4 Å². The molecule has 2 heterocycles. The van der Waals surface area contributed by atoms with Crippen LogP contribution in [0.25, 0.3) is 0 Å². The van der Waals surface area contributed by atoms with Gasteiger partial charge in [0.15, 0.2) is 0 Å². The lowest BCUT2D eigenvalue weighted by Crippen LogP contribution is -2.44. The number of hydrogen-bond acceptors (Lipinski definition) is 3. The van der Waals surface area contributed by atoms with Crippen molar-refractivity contribution >= 4 is 23.4 Å². The van der Waals surface area contributed by atoms with Gasteiger partial charge in [-0.1, -0.05) is 6.07 Å². The topological polar surface area (TPSA) is 83.7 Å². The number of anilines is 1. The molecule has 0 radical (unpaired) electrons. The fourth-order valence-electron chi connectivity index (χ4n) is 3.66. The molecule has 0 unspecified atom stereocenters. The quantitative estimate of drug-likeness (QED) is 0.900. The number of nitrogens with zero attached hydrogens (tertiary/aromatic N) is 2. The Kier molecular flexibility index (Phi) is 4.79. The number of rotatable bonds is 3. The summed E-state index contributed by atoms with van der Waals surface area (Å²) < 4.78 is 0. The van der Waals surface area contributed by atoms with Crippen molar-refractivity contribution in [1.29, 1.82) is 0 Å². The predicted molar refractivity (Wildman–Crippen MR) is 94.9 cm³/mol. The first-order valence-corrected chi connectivity index (χ1v) is 8.82. The van der Waals surface area contributed by atoms with Crippen LogP contribution in [0.3, 0.4) is 0 Å². The number of carbonyl (C=O) groups is 3. The van der Waals surface area contributed by atoms with E-state index in [1.54, 1.807) is 9.80 Å². The van der Waals surface area contributed by atoms with Crippen LogP contribution in [0, 0.1) is 25.7 Å². The van der Waals surface area contributed by atoms with Crippen molar-refractivity contribution in [2.45, 2.75) is 33.1 Å². The maximum Gasteiger partial charge on any atom is 0.228 e. The highest BCUT2D eigenvalue weighted by atomic mass is 16.2. The molecule has 1 atom stereocenters. The van der Waals surface area contributed by atoms with Gasteiger partial charge in [-0.3, -0.25) is 14.4 Å². The largest absolute Gasteiger partial charge is 0.369 e. The monoisotopic (exact) mass is 343 g/mol. The maximum atomic E-state index is 12.8. The Balaban J connectivity index is 1.65. The zero-order valence-corrected chi connectivity index (χ0v) is 14.8. The zero-order valence-electron chi connectivity index (χ0n) is 14.8. The third kappa shape index (κ3) is 3.52. The number of benzene rings is 1. The summed E-state index contributed by atoms with van der Waals surface area (Å²) in [7, 11) is 0. The maximum absolute atomic E-state index is 12.8. The number of amides is 3. The second-order valence-electron chi connectivity index (χ2n) is 7.18. The first kappa shape index (κ1) is 17.5. The Labute approximate surface area is 148 Å². The molecule has 2 N–H and O–H groups in total. The lowest BCUT2D eigenvalue weighted by atomic mass is 9.95. The van der Waals surface area contributed by atoms with E-state index in [9.17, 15) is 14.4 Å². The van der Waals surface area contributed by atoms with Gasteiger partial charge in [-0.15, -0.1) is 0 Å². The molecule has 134 valence electrons. The Morgan fingerprint density at radius 1 is 1.08 bits per heavy atom. The van der Waals surface area contributed by atoms with E-state index >= 15 is 0 Å². The van der Waals surface area contributed by atoms with E-state index in [1.807, 2.05) is 32.0 Å². The molecule has 2 fully saturated rings. The van der Waals surface area contributed by atoms with Crippen LogP contribution in [-0.4, -0.2) is 42.3 Å². The minimum absolute atomic E-state index is 0.00590. The minimum Gasteiger partial charge on any atom is -0.369 e. The molecule has 1 aromatic carbocycles. The third-order valence-electron chi connectivity index (χ3n) is 5.49. The third-order valence-corrected chi connectivity index (χ3v) is 5.49. The molecular weight excluding hydrogens is 318 g/mol. The SMILES string of the molecule is Cc1ccc(N2C[C@H](C(=O)N3CCC(C(N)=O)CC3)CC2=O)cc1C. The summed E-state index contributed by atoms with van der Waals surface area (Å²) in [5.41, 5.74) is 8.51. The molecule has 0 spiro atoms. The molecule has 2 aliphatic rings. The Hall–Kier alpha value is -2.37. The van der Waals surface area contributed by atoms with Crippen molar-refractivity contribution < 1.29 is 14.4 Å². The normalized spacial score (nSPS) is 21.7. The summed E-state index contributed by atoms with van der Waals surface area (Å²) in [4.78, 5) is 39.9. The highest BCUT2D eigenvalue weighted by Gasteiger charge is 2.38. The predicted octanol–water partition coefficient (Wildman–Crippen LogP) is 1.38. The van der Waals surface area contributed by atoms with Gasteiger partial charge < -0.3 is 15.5 Å². The lowest BCUT2D eigenvalue weighted by molar-refractivity contribution is -0.138. The van der Waals surface area contributed by atoms with Crippen LogP contribution in [0.2, 0.25) is 0 Å².